The number of anilines is 2. The van der Waals surface area contributed by atoms with Gasteiger partial charge in [-0.05, 0) is 24.2 Å². The monoisotopic (exact) mass is 250 g/mol. The molecule has 1 unspecified atom stereocenters. The van der Waals surface area contributed by atoms with Crippen molar-refractivity contribution in [3.63, 3.8) is 0 Å². The van der Waals surface area contributed by atoms with Crippen molar-refractivity contribution < 1.29 is 0 Å². The summed E-state index contributed by atoms with van der Waals surface area (Å²) in [6.07, 6.45) is 2.21. The van der Waals surface area contributed by atoms with Crippen LogP contribution in [-0.2, 0) is 13.5 Å². The van der Waals surface area contributed by atoms with Crippen LogP contribution in [0.2, 0.25) is 0 Å². The molecule has 1 aromatic heterocycles. The maximum atomic E-state index is 4.54. The fourth-order valence-corrected chi connectivity index (χ4v) is 2.79. The van der Waals surface area contributed by atoms with Crippen LogP contribution in [0, 0.1) is 11.3 Å². The predicted molar refractivity (Wildman–Crippen MR) is 77.1 cm³/mol. The van der Waals surface area contributed by atoms with Crippen molar-refractivity contribution >= 4 is 11.5 Å². The normalized spacial score (nSPS) is 19.7. The Labute approximate surface area is 110 Å². The van der Waals surface area contributed by atoms with Gasteiger partial charge in [-0.3, -0.25) is 4.68 Å². The van der Waals surface area contributed by atoms with E-state index in [2.05, 4.69) is 43.4 Å². The van der Waals surface area contributed by atoms with Crippen molar-refractivity contribution in [2.75, 3.05) is 23.7 Å². The van der Waals surface area contributed by atoms with Crippen LogP contribution in [0.5, 0.6) is 0 Å². The Morgan fingerprint density at radius 3 is 2.56 bits per heavy atom. The van der Waals surface area contributed by atoms with Gasteiger partial charge in [0.1, 0.15) is 11.5 Å². The molecule has 18 heavy (non-hydrogen) atoms. The minimum absolute atomic E-state index is 0.385. The number of aryl methyl sites for hydroxylation is 2. The highest BCUT2D eigenvalue weighted by atomic mass is 15.3. The molecule has 1 aliphatic rings. The lowest BCUT2D eigenvalue weighted by Crippen LogP contribution is -2.25. The molecule has 1 aliphatic heterocycles. The van der Waals surface area contributed by atoms with Gasteiger partial charge in [-0.25, -0.2) is 0 Å². The molecule has 0 fully saturated rings. The van der Waals surface area contributed by atoms with E-state index < -0.39 is 0 Å². The van der Waals surface area contributed by atoms with E-state index in [1.165, 1.54) is 12.1 Å². The molecule has 1 atom stereocenters. The lowest BCUT2D eigenvalue weighted by atomic mass is 9.84. The SMILES string of the molecule is CCc1nn(C)c2c1NCC(CC(C)(C)C)CN2. The van der Waals surface area contributed by atoms with Crippen LogP contribution >= 0.6 is 0 Å². The van der Waals surface area contributed by atoms with Gasteiger partial charge in [0.05, 0.1) is 5.69 Å². The summed E-state index contributed by atoms with van der Waals surface area (Å²) in [6, 6.07) is 0. The molecule has 0 bridgehead atoms. The minimum Gasteiger partial charge on any atom is -0.380 e. The second kappa shape index (κ2) is 4.82. The smallest absolute Gasteiger partial charge is 0.148 e. The number of fused-ring (bicyclic) bond motifs is 1. The second-order valence-electron chi connectivity index (χ2n) is 6.54. The zero-order chi connectivity index (χ0) is 13.3. The average Bonchev–Trinajstić information content (AvgIpc) is 2.44. The molecule has 0 amide bonds. The molecule has 0 aliphatic carbocycles. The Hall–Kier alpha value is -1.19. The van der Waals surface area contributed by atoms with Crippen molar-refractivity contribution in [3.05, 3.63) is 5.69 Å². The molecular formula is C14H26N4. The van der Waals surface area contributed by atoms with E-state index in [1.807, 2.05) is 11.7 Å². The average molecular weight is 250 g/mol. The largest absolute Gasteiger partial charge is 0.380 e. The van der Waals surface area contributed by atoms with E-state index in [4.69, 9.17) is 0 Å². The van der Waals surface area contributed by atoms with Crippen LogP contribution in [0.1, 0.15) is 39.8 Å². The fraction of sp³-hybridized carbons (Fsp3) is 0.786. The summed E-state index contributed by atoms with van der Waals surface area (Å²) in [4.78, 5) is 0. The molecule has 2 N–H and O–H groups in total. The molecular weight excluding hydrogens is 224 g/mol. The maximum Gasteiger partial charge on any atom is 0.148 e. The Bertz CT molecular complexity index is 414. The summed E-state index contributed by atoms with van der Waals surface area (Å²) in [5, 5.41) is 11.7. The van der Waals surface area contributed by atoms with Gasteiger partial charge in [-0.2, -0.15) is 5.10 Å². The summed E-state index contributed by atoms with van der Waals surface area (Å²) in [7, 11) is 2.01. The van der Waals surface area contributed by atoms with Crippen LogP contribution in [0.15, 0.2) is 0 Å². The number of hydrogen-bond donors (Lipinski definition) is 2. The number of rotatable bonds is 2. The van der Waals surface area contributed by atoms with Crippen LogP contribution in [0.25, 0.3) is 0 Å². The van der Waals surface area contributed by atoms with Crippen molar-refractivity contribution in [2.45, 2.75) is 40.5 Å². The number of hydrogen-bond acceptors (Lipinski definition) is 3. The van der Waals surface area contributed by atoms with Gasteiger partial charge in [0, 0.05) is 20.1 Å². The van der Waals surface area contributed by atoms with Crippen LogP contribution in [0.3, 0.4) is 0 Å². The van der Waals surface area contributed by atoms with Gasteiger partial charge in [-0.1, -0.05) is 27.7 Å². The third-order valence-corrected chi connectivity index (χ3v) is 3.48. The van der Waals surface area contributed by atoms with Crippen molar-refractivity contribution in [1.29, 1.82) is 0 Å². The zero-order valence-corrected chi connectivity index (χ0v) is 12.3. The summed E-state index contributed by atoms with van der Waals surface area (Å²) in [6.45, 7) is 11.1. The zero-order valence-electron chi connectivity index (χ0n) is 12.3. The first kappa shape index (κ1) is 13.2. The summed E-state index contributed by atoms with van der Waals surface area (Å²) >= 11 is 0. The third kappa shape index (κ3) is 2.79. The van der Waals surface area contributed by atoms with Gasteiger partial charge < -0.3 is 10.6 Å². The number of aromatic nitrogens is 2. The standard InChI is InChI=1S/C14H26N4/c1-6-11-12-13(18(5)17-11)16-9-10(8-15-12)7-14(2,3)4/h10,15-16H,6-9H2,1-5H3. The van der Waals surface area contributed by atoms with E-state index >= 15 is 0 Å². The van der Waals surface area contributed by atoms with Crippen molar-refractivity contribution in [3.8, 4) is 0 Å². The Morgan fingerprint density at radius 1 is 1.28 bits per heavy atom. The summed E-state index contributed by atoms with van der Waals surface area (Å²) < 4.78 is 1.96. The van der Waals surface area contributed by atoms with E-state index in [-0.39, 0.29) is 0 Å². The van der Waals surface area contributed by atoms with Gasteiger partial charge in [0.2, 0.25) is 0 Å². The summed E-state index contributed by atoms with van der Waals surface area (Å²) in [5.74, 6) is 1.81. The molecule has 4 heteroatoms. The quantitative estimate of drug-likeness (QED) is 0.848. The third-order valence-electron chi connectivity index (χ3n) is 3.48. The number of nitrogens with one attached hydrogen (secondary N) is 2. The van der Waals surface area contributed by atoms with E-state index in [1.54, 1.807) is 0 Å². The first-order valence-electron chi connectivity index (χ1n) is 6.94. The Kier molecular flexibility index (Phi) is 3.55. The lowest BCUT2D eigenvalue weighted by molar-refractivity contribution is 0.310. The van der Waals surface area contributed by atoms with E-state index in [9.17, 15) is 0 Å². The first-order valence-corrected chi connectivity index (χ1v) is 6.94. The van der Waals surface area contributed by atoms with Crippen LogP contribution < -0.4 is 10.6 Å². The minimum atomic E-state index is 0.385. The molecule has 0 aromatic carbocycles. The van der Waals surface area contributed by atoms with Crippen molar-refractivity contribution in [2.24, 2.45) is 18.4 Å². The predicted octanol–water partition coefficient (Wildman–Crippen LogP) is 2.87. The second-order valence-corrected chi connectivity index (χ2v) is 6.54. The van der Waals surface area contributed by atoms with Crippen LogP contribution in [-0.4, -0.2) is 22.9 Å². The highest BCUT2D eigenvalue weighted by molar-refractivity contribution is 5.69. The van der Waals surface area contributed by atoms with E-state index in [0.29, 0.717) is 11.3 Å². The summed E-state index contributed by atoms with van der Waals surface area (Å²) in [5.41, 5.74) is 2.75. The Balaban J connectivity index is 2.12. The van der Waals surface area contributed by atoms with Gasteiger partial charge in [0.25, 0.3) is 0 Å². The first-order chi connectivity index (χ1) is 8.40. The van der Waals surface area contributed by atoms with E-state index in [0.717, 1.165) is 31.0 Å². The van der Waals surface area contributed by atoms with Gasteiger partial charge in [-0.15, -0.1) is 0 Å². The van der Waals surface area contributed by atoms with Crippen molar-refractivity contribution in [1.82, 2.24) is 9.78 Å². The topological polar surface area (TPSA) is 41.9 Å². The Morgan fingerprint density at radius 2 is 1.94 bits per heavy atom. The highest BCUT2D eigenvalue weighted by Crippen LogP contribution is 2.31. The molecule has 2 rings (SSSR count). The molecule has 0 saturated carbocycles. The van der Waals surface area contributed by atoms with Gasteiger partial charge >= 0.3 is 0 Å². The maximum absolute atomic E-state index is 4.54. The number of nitrogens with zero attached hydrogens (tertiary/aromatic N) is 2. The molecule has 102 valence electrons. The molecule has 0 spiro atoms. The molecule has 4 nitrogen and oxygen atoms in total. The highest BCUT2D eigenvalue weighted by Gasteiger charge is 2.24. The molecule has 0 radical (unpaired) electrons. The van der Waals surface area contributed by atoms with Gasteiger partial charge in [0.15, 0.2) is 0 Å². The van der Waals surface area contributed by atoms with Crippen LogP contribution in [0.4, 0.5) is 11.5 Å². The fourth-order valence-electron chi connectivity index (χ4n) is 2.79. The molecule has 1 aromatic rings. The lowest BCUT2D eigenvalue weighted by Gasteiger charge is -2.25. The molecule has 2 heterocycles. The molecule has 0 saturated heterocycles.